The summed E-state index contributed by atoms with van der Waals surface area (Å²) in [6.07, 6.45) is 1.31. The van der Waals surface area contributed by atoms with E-state index < -0.39 is 10.0 Å². The van der Waals surface area contributed by atoms with E-state index in [1.54, 1.807) is 19.1 Å². The molecule has 1 heterocycles. The van der Waals surface area contributed by atoms with Crippen molar-refractivity contribution in [3.63, 3.8) is 0 Å². The van der Waals surface area contributed by atoms with Crippen molar-refractivity contribution in [3.05, 3.63) is 35.9 Å². The molecule has 0 bridgehead atoms. The lowest BCUT2D eigenvalue weighted by molar-refractivity contribution is 0.579. The predicted molar refractivity (Wildman–Crippen MR) is 66.0 cm³/mol. The third-order valence-corrected chi connectivity index (χ3v) is 3.94. The number of benzene rings is 1. The van der Waals surface area contributed by atoms with Gasteiger partial charge in [-0.1, -0.05) is 6.07 Å². The Hall–Kier alpha value is -1.93. The Balaban J connectivity index is 2.22. The van der Waals surface area contributed by atoms with Gasteiger partial charge in [0.1, 0.15) is 12.2 Å². The van der Waals surface area contributed by atoms with Gasteiger partial charge in [0.05, 0.1) is 11.4 Å². The van der Waals surface area contributed by atoms with Crippen molar-refractivity contribution in [2.24, 2.45) is 0 Å². The largest absolute Gasteiger partial charge is 0.399 e. The molecule has 96 valence electrons. The third-order valence-electron chi connectivity index (χ3n) is 2.40. The van der Waals surface area contributed by atoms with Crippen LogP contribution in [0.1, 0.15) is 11.4 Å². The molecular weight excluding hydrogens is 254 g/mol. The minimum atomic E-state index is -3.61. The standard InChI is InChI=1S/C10H13N5O2S/c1-7-2-3-8(11)4-9(7)18(16,17)14-5-10-12-6-13-15-10/h2-4,6,14H,5,11H2,1H3,(H,12,13,15). The van der Waals surface area contributed by atoms with Crippen LogP contribution in [0.25, 0.3) is 0 Å². The summed E-state index contributed by atoms with van der Waals surface area (Å²) in [6, 6.07) is 4.75. The Labute approximate surface area is 104 Å². The number of nitrogens with two attached hydrogens (primary N) is 1. The Morgan fingerprint density at radius 3 is 2.89 bits per heavy atom. The van der Waals surface area contributed by atoms with Gasteiger partial charge in [0.25, 0.3) is 0 Å². The fraction of sp³-hybridized carbons (Fsp3) is 0.200. The number of aromatic amines is 1. The second-order valence-electron chi connectivity index (χ2n) is 3.78. The van der Waals surface area contributed by atoms with Gasteiger partial charge < -0.3 is 5.73 Å². The van der Waals surface area contributed by atoms with E-state index in [1.807, 2.05) is 0 Å². The molecule has 18 heavy (non-hydrogen) atoms. The molecule has 7 nitrogen and oxygen atoms in total. The number of rotatable bonds is 4. The lowest BCUT2D eigenvalue weighted by atomic mass is 10.2. The smallest absolute Gasteiger partial charge is 0.241 e. The number of nitrogen functional groups attached to an aromatic ring is 1. The maximum Gasteiger partial charge on any atom is 0.241 e. The van der Waals surface area contributed by atoms with Gasteiger partial charge in [0, 0.05) is 5.69 Å². The first-order chi connectivity index (χ1) is 8.49. The molecule has 2 rings (SSSR count). The predicted octanol–water partition coefficient (Wildman–Crippen LogP) is 0.174. The van der Waals surface area contributed by atoms with Crippen molar-refractivity contribution < 1.29 is 8.42 Å². The van der Waals surface area contributed by atoms with Crippen molar-refractivity contribution in [3.8, 4) is 0 Å². The zero-order chi connectivity index (χ0) is 13.2. The number of aromatic nitrogens is 3. The highest BCUT2D eigenvalue weighted by Crippen LogP contribution is 2.18. The monoisotopic (exact) mass is 267 g/mol. The van der Waals surface area contributed by atoms with Crippen molar-refractivity contribution >= 4 is 15.7 Å². The average molecular weight is 267 g/mol. The topological polar surface area (TPSA) is 114 Å². The number of hydrogen-bond donors (Lipinski definition) is 3. The van der Waals surface area contributed by atoms with E-state index in [2.05, 4.69) is 19.9 Å². The highest BCUT2D eigenvalue weighted by molar-refractivity contribution is 7.89. The minimum absolute atomic E-state index is 0.0522. The first-order valence-electron chi connectivity index (χ1n) is 5.19. The van der Waals surface area contributed by atoms with Gasteiger partial charge in [-0.25, -0.2) is 18.1 Å². The first kappa shape index (κ1) is 12.5. The fourth-order valence-corrected chi connectivity index (χ4v) is 2.73. The van der Waals surface area contributed by atoms with E-state index in [0.29, 0.717) is 17.1 Å². The first-order valence-corrected chi connectivity index (χ1v) is 6.67. The van der Waals surface area contributed by atoms with Crippen LogP contribution in [0.5, 0.6) is 0 Å². The SMILES string of the molecule is Cc1ccc(N)cc1S(=O)(=O)NCc1ncn[nH]1. The van der Waals surface area contributed by atoms with Gasteiger partial charge >= 0.3 is 0 Å². The number of H-pyrrole nitrogens is 1. The summed E-state index contributed by atoms with van der Waals surface area (Å²) in [4.78, 5) is 4.00. The van der Waals surface area contributed by atoms with Crippen molar-refractivity contribution in [2.75, 3.05) is 5.73 Å². The number of aryl methyl sites for hydroxylation is 1. The maximum absolute atomic E-state index is 12.1. The Morgan fingerprint density at radius 2 is 2.22 bits per heavy atom. The third kappa shape index (κ3) is 2.66. The van der Waals surface area contributed by atoms with Crippen LogP contribution < -0.4 is 10.5 Å². The molecule has 0 saturated heterocycles. The molecule has 0 atom stereocenters. The minimum Gasteiger partial charge on any atom is -0.399 e. The fourth-order valence-electron chi connectivity index (χ4n) is 1.46. The summed E-state index contributed by atoms with van der Waals surface area (Å²) < 4.78 is 26.6. The lowest BCUT2D eigenvalue weighted by Gasteiger charge is -2.08. The van der Waals surface area contributed by atoms with Gasteiger partial charge in [0.15, 0.2) is 0 Å². The zero-order valence-electron chi connectivity index (χ0n) is 9.71. The molecular formula is C10H13N5O2S. The highest BCUT2D eigenvalue weighted by atomic mass is 32.2. The quantitative estimate of drug-likeness (QED) is 0.683. The molecule has 0 aliphatic rings. The van der Waals surface area contributed by atoms with E-state index in [9.17, 15) is 8.42 Å². The molecule has 0 amide bonds. The number of sulfonamides is 1. The van der Waals surface area contributed by atoms with Crippen molar-refractivity contribution in [2.45, 2.75) is 18.4 Å². The lowest BCUT2D eigenvalue weighted by Crippen LogP contribution is -2.24. The summed E-state index contributed by atoms with van der Waals surface area (Å²) in [5.41, 5.74) is 6.63. The molecule has 0 unspecified atom stereocenters. The molecule has 0 fully saturated rings. The molecule has 2 aromatic rings. The molecule has 4 N–H and O–H groups in total. The van der Waals surface area contributed by atoms with Gasteiger partial charge in [0.2, 0.25) is 10.0 Å². The van der Waals surface area contributed by atoms with Gasteiger partial charge in [-0.05, 0) is 24.6 Å². The van der Waals surface area contributed by atoms with E-state index in [0.717, 1.165) is 0 Å². The van der Waals surface area contributed by atoms with Crippen LogP contribution >= 0.6 is 0 Å². The molecule has 0 spiro atoms. The van der Waals surface area contributed by atoms with Gasteiger partial charge in [-0.2, -0.15) is 5.10 Å². The zero-order valence-corrected chi connectivity index (χ0v) is 10.5. The van der Waals surface area contributed by atoms with Crippen molar-refractivity contribution in [1.82, 2.24) is 19.9 Å². The van der Waals surface area contributed by atoms with Crippen LogP contribution in [0.15, 0.2) is 29.4 Å². The van der Waals surface area contributed by atoms with Crippen molar-refractivity contribution in [1.29, 1.82) is 0 Å². The molecule has 0 aliphatic carbocycles. The van der Waals surface area contributed by atoms with E-state index in [-0.39, 0.29) is 11.4 Å². The second kappa shape index (κ2) is 4.75. The molecule has 1 aromatic carbocycles. The molecule has 1 aromatic heterocycles. The van der Waals surface area contributed by atoms with Crippen LogP contribution in [-0.2, 0) is 16.6 Å². The maximum atomic E-state index is 12.1. The molecule has 8 heteroatoms. The van der Waals surface area contributed by atoms with Crippen LogP contribution in [0.4, 0.5) is 5.69 Å². The highest BCUT2D eigenvalue weighted by Gasteiger charge is 2.17. The Bertz CT molecular complexity index is 636. The second-order valence-corrected chi connectivity index (χ2v) is 5.52. The summed E-state index contributed by atoms with van der Waals surface area (Å²) in [5.74, 6) is 0.445. The number of hydrogen-bond acceptors (Lipinski definition) is 5. The van der Waals surface area contributed by atoms with E-state index in [1.165, 1.54) is 12.4 Å². The molecule has 0 radical (unpaired) electrons. The van der Waals surface area contributed by atoms with Crippen LogP contribution in [0.3, 0.4) is 0 Å². The van der Waals surface area contributed by atoms with Crippen LogP contribution in [0.2, 0.25) is 0 Å². The summed E-state index contributed by atoms with van der Waals surface area (Å²) >= 11 is 0. The van der Waals surface area contributed by atoms with E-state index in [4.69, 9.17) is 5.73 Å². The average Bonchev–Trinajstić information content (AvgIpc) is 2.83. The van der Waals surface area contributed by atoms with Crippen LogP contribution in [-0.4, -0.2) is 23.6 Å². The summed E-state index contributed by atoms with van der Waals surface area (Å²) in [5, 5.41) is 6.21. The summed E-state index contributed by atoms with van der Waals surface area (Å²) in [6.45, 7) is 1.76. The Morgan fingerprint density at radius 1 is 1.44 bits per heavy atom. The number of nitrogens with zero attached hydrogens (tertiary/aromatic N) is 2. The number of anilines is 1. The summed E-state index contributed by atoms with van der Waals surface area (Å²) in [7, 11) is -3.61. The Kier molecular flexibility index (Phi) is 3.30. The molecule has 0 saturated carbocycles. The van der Waals surface area contributed by atoms with Gasteiger partial charge in [-0.3, -0.25) is 5.10 Å². The molecule has 0 aliphatic heterocycles. The van der Waals surface area contributed by atoms with Crippen LogP contribution in [0, 0.1) is 6.92 Å². The van der Waals surface area contributed by atoms with E-state index >= 15 is 0 Å². The van der Waals surface area contributed by atoms with Gasteiger partial charge in [-0.15, -0.1) is 0 Å². The number of nitrogens with one attached hydrogen (secondary N) is 2. The normalized spacial score (nSPS) is 11.6.